The first-order chi connectivity index (χ1) is 15.4. The molecule has 2 heterocycles. The van der Waals surface area contributed by atoms with Crippen molar-refractivity contribution in [1.29, 1.82) is 0 Å². The summed E-state index contributed by atoms with van der Waals surface area (Å²) in [5.74, 6) is 6.83. The van der Waals surface area contributed by atoms with Gasteiger partial charge in [-0.3, -0.25) is 9.36 Å². The van der Waals surface area contributed by atoms with E-state index in [2.05, 4.69) is 15.3 Å². The molecule has 3 N–H and O–H groups in total. The number of nitrogens with two attached hydrogens (primary N) is 1. The van der Waals surface area contributed by atoms with E-state index in [-0.39, 0.29) is 0 Å². The zero-order chi connectivity index (χ0) is 22.7. The maximum Gasteiger partial charge on any atom is 0.351 e. The van der Waals surface area contributed by atoms with E-state index < -0.39 is 17.3 Å². The Morgan fingerprint density at radius 3 is 2.44 bits per heavy atom. The van der Waals surface area contributed by atoms with E-state index >= 15 is 0 Å². The van der Waals surface area contributed by atoms with Gasteiger partial charge in [0.05, 0.1) is 5.39 Å². The number of nitrogens with one attached hydrogen (secondary N) is 1. The summed E-state index contributed by atoms with van der Waals surface area (Å²) in [5, 5.41) is 3.30. The maximum atomic E-state index is 12.6. The molecule has 0 fully saturated rings. The van der Waals surface area contributed by atoms with Gasteiger partial charge in [0, 0.05) is 11.9 Å². The number of aromatic nitrogens is 3. The number of hydrogen-bond donors (Lipinski definition) is 2. The first-order valence-electron chi connectivity index (χ1n) is 9.63. The second kappa shape index (κ2) is 9.04. The third kappa shape index (κ3) is 4.39. The lowest BCUT2D eigenvalue weighted by Gasteiger charge is -2.16. The summed E-state index contributed by atoms with van der Waals surface area (Å²) in [6.45, 7) is 1.44. The highest BCUT2D eigenvalue weighted by Gasteiger charge is 2.25. The molecule has 0 radical (unpaired) electrons. The van der Waals surface area contributed by atoms with Gasteiger partial charge in [0.1, 0.15) is 29.0 Å². The molecule has 0 bridgehead atoms. The molecule has 0 spiro atoms. The number of benzene rings is 2. The summed E-state index contributed by atoms with van der Waals surface area (Å²) in [6, 6.07) is 17.7. The molecule has 0 aliphatic carbocycles. The van der Waals surface area contributed by atoms with Gasteiger partial charge in [0.15, 0.2) is 5.65 Å². The predicted molar refractivity (Wildman–Crippen MR) is 121 cm³/mol. The Hall–Kier alpha value is -3.95. The number of fused-ring (bicyclic) bond motifs is 1. The lowest BCUT2D eigenvalue weighted by atomic mass is 10.3. The van der Waals surface area contributed by atoms with Gasteiger partial charge in [0.2, 0.25) is 0 Å². The minimum Gasteiger partial charge on any atom is -0.457 e. The number of para-hydroxylation sites is 1. The zero-order valence-corrected chi connectivity index (χ0v) is 17.7. The van der Waals surface area contributed by atoms with Crippen LogP contribution in [0.3, 0.4) is 0 Å². The Morgan fingerprint density at radius 2 is 1.75 bits per heavy atom. The van der Waals surface area contributed by atoms with Crippen LogP contribution in [0.15, 0.2) is 73.2 Å². The first-order valence-corrected chi connectivity index (χ1v) is 10.1. The van der Waals surface area contributed by atoms with Gasteiger partial charge in [-0.2, -0.15) is 5.01 Å². The molecule has 0 saturated carbocycles. The Kier molecular flexibility index (Phi) is 6.02. The van der Waals surface area contributed by atoms with Crippen molar-refractivity contribution in [1.82, 2.24) is 19.5 Å². The van der Waals surface area contributed by atoms with E-state index in [4.69, 9.17) is 22.2 Å². The minimum atomic E-state index is -0.938. The van der Waals surface area contributed by atoms with Gasteiger partial charge < -0.3 is 10.1 Å². The van der Waals surface area contributed by atoms with Crippen molar-refractivity contribution in [3.63, 3.8) is 0 Å². The molecule has 32 heavy (non-hydrogen) atoms. The molecule has 2 aromatic heterocycles. The number of nitrogens with zero attached hydrogens (tertiary/aromatic N) is 4. The van der Waals surface area contributed by atoms with Crippen molar-refractivity contribution in [2.45, 2.75) is 12.3 Å². The number of carbonyl (C=O) groups is 2. The molecule has 0 saturated heterocycles. The fourth-order valence-corrected chi connectivity index (χ4v) is 3.08. The van der Waals surface area contributed by atoms with E-state index in [1.54, 1.807) is 6.07 Å². The number of imide groups is 1. The largest absolute Gasteiger partial charge is 0.457 e. The minimum absolute atomic E-state index is 0.294. The van der Waals surface area contributed by atoms with Crippen LogP contribution in [-0.2, 0) is 4.79 Å². The molecular weight excluding hydrogens is 432 g/mol. The third-order valence-corrected chi connectivity index (χ3v) is 4.75. The van der Waals surface area contributed by atoms with Crippen LogP contribution in [0.25, 0.3) is 11.0 Å². The molecule has 4 aromatic rings. The van der Waals surface area contributed by atoms with Crippen molar-refractivity contribution in [3.05, 3.63) is 73.2 Å². The number of rotatable bonds is 5. The molecule has 9 nitrogen and oxygen atoms in total. The van der Waals surface area contributed by atoms with Crippen LogP contribution in [0.4, 0.5) is 16.3 Å². The average Bonchev–Trinajstić information content (AvgIpc) is 3.24. The number of anilines is 2. The fourth-order valence-electron chi connectivity index (χ4n) is 2.97. The number of hydrogen-bond acceptors (Lipinski definition) is 7. The lowest BCUT2D eigenvalue weighted by Crippen LogP contribution is -2.47. The molecular formula is C22H19ClN6O3. The van der Waals surface area contributed by atoms with Crippen LogP contribution in [0.2, 0.25) is 0 Å². The summed E-state index contributed by atoms with van der Waals surface area (Å²) in [6.07, 6.45) is 2.78. The van der Waals surface area contributed by atoms with E-state index in [1.807, 2.05) is 54.6 Å². The summed E-state index contributed by atoms with van der Waals surface area (Å²) in [4.78, 5) is 33.0. The average molecular weight is 451 g/mol. The van der Waals surface area contributed by atoms with E-state index in [0.717, 1.165) is 16.0 Å². The summed E-state index contributed by atoms with van der Waals surface area (Å²) in [5.41, 5.74) is 1.05. The van der Waals surface area contributed by atoms with Gasteiger partial charge in [-0.15, -0.1) is 11.6 Å². The van der Waals surface area contributed by atoms with Crippen LogP contribution < -0.4 is 15.9 Å². The summed E-state index contributed by atoms with van der Waals surface area (Å²) in [7, 11) is 0. The van der Waals surface area contributed by atoms with E-state index in [9.17, 15) is 9.59 Å². The highest BCUT2D eigenvalue weighted by molar-refractivity contribution is 6.31. The quantitative estimate of drug-likeness (QED) is 0.202. The van der Waals surface area contributed by atoms with Gasteiger partial charge >= 0.3 is 6.03 Å². The first kappa shape index (κ1) is 21.3. The molecule has 1 unspecified atom stereocenters. The summed E-state index contributed by atoms with van der Waals surface area (Å²) < 4.78 is 6.96. The Bertz CT molecular complexity index is 1260. The molecule has 0 aliphatic heterocycles. The normalized spacial score (nSPS) is 11.7. The predicted octanol–water partition coefficient (Wildman–Crippen LogP) is 4.26. The molecule has 10 heteroatoms. The lowest BCUT2D eigenvalue weighted by molar-refractivity contribution is -0.127. The second-order valence-corrected chi connectivity index (χ2v) is 7.47. The van der Waals surface area contributed by atoms with E-state index in [0.29, 0.717) is 27.6 Å². The molecule has 4 rings (SSSR count). The highest BCUT2D eigenvalue weighted by atomic mass is 35.5. The second-order valence-electron chi connectivity index (χ2n) is 6.82. The Balaban J connectivity index is 1.54. The van der Waals surface area contributed by atoms with Crippen LogP contribution >= 0.6 is 11.6 Å². The van der Waals surface area contributed by atoms with Crippen molar-refractivity contribution < 1.29 is 14.3 Å². The van der Waals surface area contributed by atoms with Crippen LogP contribution in [-0.4, -0.2) is 36.9 Å². The van der Waals surface area contributed by atoms with Gasteiger partial charge in [-0.25, -0.2) is 20.6 Å². The highest BCUT2D eigenvalue weighted by Crippen LogP contribution is 2.27. The number of ether oxygens (including phenoxy) is 1. The standard InChI is InChI=1S/C22H19ClN6O3/c1-14(23)21(30)29(24)22(31)28-12-11-18-19(25-13-26-20(18)28)27-15-7-9-17(10-8-15)32-16-5-3-2-4-6-16/h2-14H,24H2,1H3,(H,25,26,27). The number of halogens is 1. The molecule has 2 aromatic carbocycles. The van der Waals surface area contributed by atoms with Crippen molar-refractivity contribution in [2.75, 3.05) is 5.32 Å². The number of alkyl halides is 1. The number of carbonyl (C=O) groups excluding carboxylic acids is 2. The Morgan fingerprint density at radius 1 is 1.06 bits per heavy atom. The van der Waals surface area contributed by atoms with Crippen molar-refractivity contribution in [2.24, 2.45) is 5.84 Å². The third-order valence-electron chi connectivity index (χ3n) is 4.57. The maximum absolute atomic E-state index is 12.6. The van der Waals surface area contributed by atoms with Crippen LogP contribution in [0.5, 0.6) is 11.5 Å². The molecule has 162 valence electrons. The van der Waals surface area contributed by atoms with Gasteiger partial charge in [-0.05, 0) is 49.4 Å². The van der Waals surface area contributed by atoms with Crippen molar-refractivity contribution >= 4 is 46.1 Å². The topological polar surface area (TPSA) is 115 Å². The Labute approximate surface area is 188 Å². The van der Waals surface area contributed by atoms with Crippen molar-refractivity contribution in [3.8, 4) is 11.5 Å². The van der Waals surface area contributed by atoms with Gasteiger partial charge in [0.25, 0.3) is 5.91 Å². The molecule has 2 amide bonds. The SMILES string of the molecule is CC(Cl)C(=O)N(N)C(=O)n1ccc2c(Nc3ccc(Oc4ccccc4)cc3)ncnc21. The smallest absolute Gasteiger partial charge is 0.351 e. The van der Waals surface area contributed by atoms with E-state index in [1.165, 1.54) is 19.4 Å². The van der Waals surface area contributed by atoms with Crippen LogP contribution in [0, 0.1) is 0 Å². The fraction of sp³-hybridized carbons (Fsp3) is 0.0909. The molecule has 0 aliphatic rings. The zero-order valence-electron chi connectivity index (χ0n) is 17.0. The summed E-state index contributed by atoms with van der Waals surface area (Å²) >= 11 is 5.74. The molecule has 1 atom stereocenters. The number of amides is 2. The number of hydrazine groups is 1. The monoisotopic (exact) mass is 450 g/mol. The van der Waals surface area contributed by atoms with Gasteiger partial charge in [-0.1, -0.05) is 18.2 Å². The van der Waals surface area contributed by atoms with Crippen LogP contribution in [0.1, 0.15) is 6.92 Å².